The molecule has 20 heavy (non-hydrogen) atoms. The van der Waals surface area contributed by atoms with Crippen molar-refractivity contribution in [1.29, 1.82) is 0 Å². The minimum Gasteiger partial charge on any atom is -0.371 e. The molecule has 0 amide bonds. The molecule has 0 atom stereocenters. The van der Waals surface area contributed by atoms with Gasteiger partial charge in [-0.15, -0.1) is 0 Å². The number of rotatable bonds is 5. The van der Waals surface area contributed by atoms with Gasteiger partial charge in [0.05, 0.1) is 0 Å². The van der Waals surface area contributed by atoms with E-state index in [0.29, 0.717) is 6.04 Å². The summed E-state index contributed by atoms with van der Waals surface area (Å²) in [6.07, 6.45) is 5.10. The molecule has 2 rings (SSSR count). The standard InChI is InChI=1S/C17H27FN2/c1-4-19-12-14-11-15(18)7-10-17(14)20(3)16-8-5-13(2)6-9-16/h7,10-11,13,16,19H,4-6,8-9,12H2,1-3H3. The molecule has 2 nitrogen and oxygen atoms in total. The summed E-state index contributed by atoms with van der Waals surface area (Å²) in [6.45, 7) is 6.05. The van der Waals surface area contributed by atoms with Crippen LogP contribution in [0.15, 0.2) is 18.2 Å². The molecule has 1 aromatic carbocycles. The third-order valence-electron chi connectivity index (χ3n) is 4.52. The van der Waals surface area contributed by atoms with Crippen molar-refractivity contribution in [2.24, 2.45) is 5.92 Å². The van der Waals surface area contributed by atoms with Crippen molar-refractivity contribution in [3.8, 4) is 0 Å². The second kappa shape index (κ2) is 7.07. The lowest BCUT2D eigenvalue weighted by atomic mass is 9.86. The monoisotopic (exact) mass is 278 g/mol. The van der Waals surface area contributed by atoms with Crippen molar-refractivity contribution in [1.82, 2.24) is 5.32 Å². The first-order chi connectivity index (χ1) is 9.61. The van der Waals surface area contributed by atoms with Crippen LogP contribution in [-0.2, 0) is 6.54 Å². The fourth-order valence-electron chi connectivity index (χ4n) is 3.13. The van der Waals surface area contributed by atoms with Gasteiger partial charge in [0, 0.05) is 25.3 Å². The number of nitrogens with one attached hydrogen (secondary N) is 1. The molecule has 0 aliphatic heterocycles. The first kappa shape index (κ1) is 15.3. The van der Waals surface area contributed by atoms with Crippen molar-refractivity contribution in [2.75, 3.05) is 18.5 Å². The third kappa shape index (κ3) is 3.72. The number of hydrogen-bond donors (Lipinski definition) is 1. The Labute approximate surface area is 122 Å². The Morgan fingerprint density at radius 3 is 2.60 bits per heavy atom. The summed E-state index contributed by atoms with van der Waals surface area (Å²) >= 11 is 0. The zero-order chi connectivity index (χ0) is 14.5. The lowest BCUT2D eigenvalue weighted by molar-refractivity contribution is 0.340. The van der Waals surface area contributed by atoms with E-state index in [4.69, 9.17) is 0 Å². The molecule has 3 heteroatoms. The molecule has 1 saturated carbocycles. The number of halogens is 1. The summed E-state index contributed by atoms with van der Waals surface area (Å²) in [5.41, 5.74) is 2.24. The first-order valence-electron chi connectivity index (χ1n) is 7.83. The molecule has 0 spiro atoms. The van der Waals surface area contributed by atoms with Crippen molar-refractivity contribution < 1.29 is 4.39 Å². The highest BCUT2D eigenvalue weighted by Crippen LogP contribution is 2.31. The normalized spacial score (nSPS) is 22.8. The number of benzene rings is 1. The van der Waals surface area contributed by atoms with Gasteiger partial charge >= 0.3 is 0 Å². The average Bonchev–Trinajstić information content (AvgIpc) is 2.45. The summed E-state index contributed by atoms with van der Waals surface area (Å²) in [4.78, 5) is 2.36. The third-order valence-corrected chi connectivity index (χ3v) is 4.52. The smallest absolute Gasteiger partial charge is 0.123 e. The lowest BCUT2D eigenvalue weighted by Crippen LogP contribution is -2.35. The minimum atomic E-state index is -0.146. The SMILES string of the molecule is CCNCc1cc(F)ccc1N(C)C1CCC(C)CC1. The van der Waals surface area contributed by atoms with Crippen LogP contribution in [0.25, 0.3) is 0 Å². The van der Waals surface area contributed by atoms with Crippen molar-refractivity contribution >= 4 is 5.69 Å². The molecule has 1 aliphatic rings. The van der Waals surface area contributed by atoms with Gasteiger partial charge in [0.2, 0.25) is 0 Å². The van der Waals surface area contributed by atoms with Gasteiger partial charge < -0.3 is 10.2 Å². The maximum atomic E-state index is 13.5. The predicted octanol–water partition coefficient (Wildman–Crippen LogP) is 3.95. The first-order valence-corrected chi connectivity index (χ1v) is 7.83. The maximum Gasteiger partial charge on any atom is 0.123 e. The summed E-state index contributed by atoms with van der Waals surface area (Å²) < 4.78 is 13.5. The molecule has 1 aromatic rings. The average molecular weight is 278 g/mol. The van der Waals surface area contributed by atoms with Gasteiger partial charge in [-0.05, 0) is 61.9 Å². The van der Waals surface area contributed by atoms with Crippen molar-refractivity contribution in [3.63, 3.8) is 0 Å². The van der Waals surface area contributed by atoms with Crippen LogP contribution in [0.2, 0.25) is 0 Å². The molecule has 0 heterocycles. The van der Waals surface area contributed by atoms with Crippen LogP contribution < -0.4 is 10.2 Å². The molecule has 1 aliphatic carbocycles. The van der Waals surface area contributed by atoms with Gasteiger partial charge in [-0.1, -0.05) is 13.8 Å². The van der Waals surface area contributed by atoms with E-state index in [1.807, 2.05) is 6.07 Å². The van der Waals surface area contributed by atoms with Crippen LogP contribution in [0.4, 0.5) is 10.1 Å². The lowest BCUT2D eigenvalue weighted by Gasteiger charge is -2.36. The van der Waals surface area contributed by atoms with Gasteiger partial charge in [0.1, 0.15) is 5.82 Å². The van der Waals surface area contributed by atoms with Crippen LogP contribution in [0.1, 0.15) is 45.1 Å². The molecule has 0 saturated heterocycles. The molecule has 1 N–H and O–H groups in total. The van der Waals surface area contributed by atoms with E-state index in [-0.39, 0.29) is 5.82 Å². The Balaban J connectivity index is 2.13. The fourth-order valence-corrected chi connectivity index (χ4v) is 3.13. The van der Waals surface area contributed by atoms with Crippen LogP contribution in [0, 0.1) is 11.7 Å². The quantitative estimate of drug-likeness (QED) is 0.877. The van der Waals surface area contributed by atoms with Crippen LogP contribution in [0.3, 0.4) is 0 Å². The van der Waals surface area contributed by atoms with E-state index in [1.54, 1.807) is 12.1 Å². The Kier molecular flexibility index (Phi) is 5.41. The predicted molar refractivity (Wildman–Crippen MR) is 83.6 cm³/mol. The highest BCUT2D eigenvalue weighted by atomic mass is 19.1. The Hall–Kier alpha value is -1.09. The second-order valence-electron chi connectivity index (χ2n) is 6.08. The van der Waals surface area contributed by atoms with Gasteiger partial charge in [0.15, 0.2) is 0 Å². The molecule has 0 aromatic heterocycles. The van der Waals surface area contributed by atoms with Gasteiger partial charge in [-0.25, -0.2) is 4.39 Å². The van der Waals surface area contributed by atoms with Crippen LogP contribution in [-0.4, -0.2) is 19.6 Å². The van der Waals surface area contributed by atoms with Crippen molar-refractivity contribution in [3.05, 3.63) is 29.6 Å². The summed E-state index contributed by atoms with van der Waals surface area (Å²) in [5.74, 6) is 0.710. The molecule has 0 radical (unpaired) electrons. The molecular formula is C17H27FN2. The van der Waals surface area contributed by atoms with Gasteiger partial charge in [0.25, 0.3) is 0 Å². The Morgan fingerprint density at radius 2 is 1.95 bits per heavy atom. The summed E-state index contributed by atoms with van der Waals surface area (Å²) in [6, 6.07) is 5.77. The van der Waals surface area contributed by atoms with Crippen molar-refractivity contribution in [2.45, 2.75) is 52.1 Å². The minimum absolute atomic E-state index is 0.146. The largest absolute Gasteiger partial charge is 0.371 e. The van der Waals surface area contributed by atoms with Crippen LogP contribution >= 0.6 is 0 Å². The van der Waals surface area contributed by atoms with E-state index < -0.39 is 0 Å². The number of nitrogens with zero attached hydrogens (tertiary/aromatic N) is 1. The molecular weight excluding hydrogens is 251 g/mol. The molecule has 112 valence electrons. The van der Waals surface area contributed by atoms with Gasteiger partial charge in [-0.2, -0.15) is 0 Å². The molecule has 1 fully saturated rings. The Morgan fingerprint density at radius 1 is 1.25 bits per heavy atom. The van der Waals surface area contributed by atoms with Crippen LogP contribution in [0.5, 0.6) is 0 Å². The Bertz CT molecular complexity index is 425. The summed E-state index contributed by atoms with van der Waals surface area (Å²) in [7, 11) is 2.16. The molecule has 0 unspecified atom stereocenters. The van der Waals surface area contributed by atoms with E-state index in [9.17, 15) is 4.39 Å². The summed E-state index contributed by atoms with van der Waals surface area (Å²) in [5, 5.41) is 3.30. The zero-order valence-corrected chi connectivity index (χ0v) is 13.0. The van der Waals surface area contributed by atoms with E-state index in [0.717, 1.165) is 24.6 Å². The second-order valence-corrected chi connectivity index (χ2v) is 6.08. The maximum absolute atomic E-state index is 13.5. The molecule has 0 bridgehead atoms. The van der Waals surface area contributed by atoms with E-state index in [1.165, 1.54) is 31.4 Å². The van der Waals surface area contributed by atoms with E-state index in [2.05, 4.69) is 31.1 Å². The zero-order valence-electron chi connectivity index (χ0n) is 13.0. The van der Waals surface area contributed by atoms with Gasteiger partial charge in [-0.3, -0.25) is 0 Å². The highest BCUT2D eigenvalue weighted by Gasteiger charge is 2.23. The number of anilines is 1. The number of hydrogen-bond acceptors (Lipinski definition) is 2. The van der Waals surface area contributed by atoms with E-state index >= 15 is 0 Å². The topological polar surface area (TPSA) is 15.3 Å². The highest BCUT2D eigenvalue weighted by molar-refractivity contribution is 5.54. The fraction of sp³-hybridized carbons (Fsp3) is 0.647.